The van der Waals surface area contributed by atoms with E-state index in [1.807, 2.05) is 0 Å². The van der Waals surface area contributed by atoms with Crippen molar-refractivity contribution in [2.75, 3.05) is 18.9 Å². The Hall–Kier alpha value is -1.82. The van der Waals surface area contributed by atoms with Gasteiger partial charge in [0.05, 0.1) is 30.3 Å². The van der Waals surface area contributed by atoms with E-state index < -0.39 is 0 Å². The van der Waals surface area contributed by atoms with Gasteiger partial charge in [0.1, 0.15) is 4.83 Å². The molecular weight excluding hydrogens is 382 g/mol. The van der Waals surface area contributed by atoms with Crippen LogP contribution >= 0.6 is 23.1 Å². The largest absolute Gasteiger partial charge is 0.376 e. The molecule has 142 valence electrons. The number of nitrogens with one attached hydrogen (secondary N) is 1. The molecular formula is C19H21N3O3S2. The van der Waals surface area contributed by atoms with Gasteiger partial charge in [-0.15, -0.1) is 17.8 Å². The topological polar surface area (TPSA) is 73.2 Å². The number of thioether (sulfide) groups is 1. The van der Waals surface area contributed by atoms with E-state index in [-0.39, 0.29) is 29.9 Å². The highest BCUT2D eigenvalue weighted by Gasteiger charge is 2.25. The van der Waals surface area contributed by atoms with E-state index in [0.29, 0.717) is 11.7 Å². The quantitative estimate of drug-likeness (QED) is 0.454. The number of rotatable bonds is 6. The van der Waals surface area contributed by atoms with Gasteiger partial charge in [0.15, 0.2) is 5.16 Å². The molecule has 1 aliphatic heterocycles. The zero-order valence-corrected chi connectivity index (χ0v) is 16.6. The number of carbonyl (C=O) groups excluding carboxylic acids is 1. The van der Waals surface area contributed by atoms with Gasteiger partial charge in [-0.2, -0.15) is 0 Å². The fraction of sp³-hybridized carbons (Fsp3) is 0.526. The van der Waals surface area contributed by atoms with Crippen molar-refractivity contribution in [2.45, 2.75) is 49.9 Å². The van der Waals surface area contributed by atoms with Gasteiger partial charge in [-0.05, 0) is 37.7 Å². The second-order valence-electron chi connectivity index (χ2n) is 6.75. The lowest BCUT2D eigenvalue weighted by Gasteiger charge is -2.16. The van der Waals surface area contributed by atoms with Crippen LogP contribution in [0, 0.1) is 12.3 Å². The van der Waals surface area contributed by atoms with Gasteiger partial charge in [0.2, 0.25) is 5.91 Å². The summed E-state index contributed by atoms with van der Waals surface area (Å²) in [6.07, 6.45) is 10.2. The number of thiophene rings is 1. The molecule has 1 N–H and O–H groups in total. The maximum atomic E-state index is 13.3. The normalized spacial score (nSPS) is 18.6. The maximum Gasteiger partial charge on any atom is 0.263 e. The fourth-order valence-corrected chi connectivity index (χ4v) is 5.79. The van der Waals surface area contributed by atoms with E-state index in [1.165, 1.54) is 22.2 Å². The van der Waals surface area contributed by atoms with Crippen LogP contribution in [0.25, 0.3) is 10.2 Å². The summed E-state index contributed by atoms with van der Waals surface area (Å²) in [4.78, 5) is 32.1. The lowest BCUT2D eigenvalue weighted by atomic mass is 10.2. The molecule has 1 atom stereocenters. The number of hydrogen-bond acceptors (Lipinski definition) is 6. The molecule has 0 aromatic carbocycles. The number of hydrogen-bond donors (Lipinski definition) is 1. The van der Waals surface area contributed by atoms with Gasteiger partial charge in [-0.1, -0.05) is 17.7 Å². The van der Waals surface area contributed by atoms with Gasteiger partial charge in [0.25, 0.3) is 5.56 Å². The number of carbonyl (C=O) groups is 1. The first-order valence-electron chi connectivity index (χ1n) is 9.17. The maximum absolute atomic E-state index is 13.3. The molecule has 2 aliphatic rings. The van der Waals surface area contributed by atoms with Crippen molar-refractivity contribution in [1.82, 2.24) is 14.9 Å². The Balaban J connectivity index is 1.68. The van der Waals surface area contributed by atoms with Crippen LogP contribution in [0.2, 0.25) is 0 Å². The number of terminal acetylenes is 1. The van der Waals surface area contributed by atoms with Gasteiger partial charge in [0, 0.05) is 11.5 Å². The van der Waals surface area contributed by atoms with Crippen LogP contribution in [-0.4, -0.2) is 40.5 Å². The van der Waals surface area contributed by atoms with E-state index in [9.17, 15) is 9.59 Å². The highest BCUT2D eigenvalue weighted by molar-refractivity contribution is 7.99. The Kier molecular flexibility index (Phi) is 5.53. The first-order chi connectivity index (χ1) is 13.2. The Morgan fingerprint density at radius 3 is 3.11 bits per heavy atom. The predicted molar refractivity (Wildman–Crippen MR) is 107 cm³/mol. The van der Waals surface area contributed by atoms with Crippen LogP contribution < -0.4 is 10.9 Å². The van der Waals surface area contributed by atoms with Crippen LogP contribution in [0.3, 0.4) is 0 Å². The molecule has 2 aromatic rings. The molecule has 0 bridgehead atoms. The highest BCUT2D eigenvalue weighted by atomic mass is 32.2. The lowest BCUT2D eigenvalue weighted by Crippen LogP contribution is -2.30. The second kappa shape index (κ2) is 8.05. The number of aromatic nitrogens is 2. The van der Waals surface area contributed by atoms with Gasteiger partial charge in [-0.3, -0.25) is 14.2 Å². The molecule has 0 spiro atoms. The van der Waals surface area contributed by atoms with Crippen LogP contribution in [0.15, 0.2) is 9.95 Å². The first-order valence-corrected chi connectivity index (χ1v) is 11.0. The van der Waals surface area contributed by atoms with Crippen LogP contribution in [0.4, 0.5) is 0 Å². The molecule has 1 saturated heterocycles. The molecule has 1 fully saturated rings. The van der Waals surface area contributed by atoms with Crippen molar-refractivity contribution < 1.29 is 9.53 Å². The minimum atomic E-state index is -0.162. The zero-order valence-electron chi connectivity index (χ0n) is 15.0. The van der Waals surface area contributed by atoms with E-state index in [0.717, 1.165) is 48.9 Å². The Bertz CT molecular complexity index is 967. The summed E-state index contributed by atoms with van der Waals surface area (Å²) < 4.78 is 7.45. The summed E-state index contributed by atoms with van der Waals surface area (Å²) in [7, 11) is 0. The molecule has 1 amide bonds. The third-order valence-electron chi connectivity index (χ3n) is 4.92. The van der Waals surface area contributed by atoms with Crippen molar-refractivity contribution in [3.63, 3.8) is 0 Å². The zero-order chi connectivity index (χ0) is 18.8. The smallest absolute Gasteiger partial charge is 0.263 e. The molecule has 0 unspecified atom stereocenters. The van der Waals surface area contributed by atoms with Crippen molar-refractivity contribution in [2.24, 2.45) is 0 Å². The molecule has 3 heterocycles. The van der Waals surface area contributed by atoms with Crippen molar-refractivity contribution in [3.05, 3.63) is 20.8 Å². The minimum absolute atomic E-state index is 0.00133. The van der Waals surface area contributed by atoms with Crippen molar-refractivity contribution in [3.8, 4) is 12.3 Å². The fourth-order valence-electron chi connectivity index (χ4n) is 3.65. The standard InChI is InChI=1S/C19H21N3O3S2/c1-2-8-20-15(23)11-26-19-21-17-16(13-6-3-7-14(13)27-17)18(24)22(19)10-12-5-4-9-25-12/h1,12H,3-11H2,(H,20,23)/t12-/m0/s1. The summed E-state index contributed by atoms with van der Waals surface area (Å²) in [5.74, 6) is 2.40. The van der Waals surface area contributed by atoms with Gasteiger partial charge in [-0.25, -0.2) is 4.98 Å². The van der Waals surface area contributed by atoms with Crippen molar-refractivity contribution in [1.29, 1.82) is 0 Å². The molecule has 0 saturated carbocycles. The van der Waals surface area contributed by atoms with Crippen LogP contribution in [0.5, 0.6) is 0 Å². The number of fused-ring (bicyclic) bond motifs is 3. The third kappa shape index (κ3) is 3.77. The van der Waals surface area contributed by atoms with Gasteiger partial charge >= 0.3 is 0 Å². The Labute approximate surface area is 165 Å². The Morgan fingerprint density at radius 1 is 1.44 bits per heavy atom. The summed E-state index contributed by atoms with van der Waals surface area (Å²) in [6, 6.07) is 0. The second-order valence-corrected chi connectivity index (χ2v) is 8.78. The van der Waals surface area contributed by atoms with Crippen molar-refractivity contribution >= 4 is 39.2 Å². The number of ether oxygens (including phenoxy) is 1. The summed E-state index contributed by atoms with van der Waals surface area (Å²) in [6.45, 7) is 1.42. The van der Waals surface area contributed by atoms with Gasteiger partial charge < -0.3 is 10.1 Å². The number of aryl methyl sites for hydroxylation is 2. The molecule has 0 radical (unpaired) electrons. The molecule has 2 aromatic heterocycles. The predicted octanol–water partition coefficient (Wildman–Crippen LogP) is 1.97. The van der Waals surface area contributed by atoms with E-state index in [2.05, 4.69) is 11.2 Å². The third-order valence-corrected chi connectivity index (χ3v) is 7.08. The molecule has 27 heavy (non-hydrogen) atoms. The highest BCUT2D eigenvalue weighted by Crippen LogP contribution is 2.35. The van der Waals surface area contributed by atoms with Crippen LogP contribution in [-0.2, 0) is 28.9 Å². The van der Waals surface area contributed by atoms with Crippen LogP contribution in [0.1, 0.15) is 29.7 Å². The average molecular weight is 404 g/mol. The molecule has 6 nitrogen and oxygen atoms in total. The summed E-state index contributed by atoms with van der Waals surface area (Å²) >= 11 is 2.90. The lowest BCUT2D eigenvalue weighted by molar-refractivity contribution is -0.118. The Morgan fingerprint density at radius 2 is 2.33 bits per heavy atom. The summed E-state index contributed by atoms with van der Waals surface area (Å²) in [5.41, 5.74) is 1.18. The SMILES string of the molecule is C#CCNC(=O)CSc1nc2sc3c(c2c(=O)n1C[C@@H]1CCCO1)CCC3. The van der Waals surface area contributed by atoms with E-state index in [1.54, 1.807) is 15.9 Å². The summed E-state index contributed by atoms with van der Waals surface area (Å²) in [5, 5.41) is 4.00. The molecule has 8 heteroatoms. The average Bonchev–Trinajstić information content (AvgIpc) is 3.37. The molecule has 4 rings (SSSR count). The first kappa shape index (κ1) is 18.5. The number of amides is 1. The van der Waals surface area contributed by atoms with E-state index in [4.69, 9.17) is 16.1 Å². The monoisotopic (exact) mass is 403 g/mol. The van der Waals surface area contributed by atoms with E-state index >= 15 is 0 Å². The number of nitrogens with zero attached hydrogens (tertiary/aromatic N) is 2. The minimum Gasteiger partial charge on any atom is -0.376 e. The molecule has 1 aliphatic carbocycles.